The van der Waals surface area contributed by atoms with Crippen LogP contribution in [0.4, 0.5) is 0 Å². The molecule has 2 aromatic carbocycles. The topological polar surface area (TPSA) is 74.6 Å². The smallest absolute Gasteiger partial charge is 0.274 e. The minimum atomic E-state index is -0.574. The molecule has 0 aliphatic carbocycles. The normalized spacial score (nSPS) is 15.8. The van der Waals surface area contributed by atoms with Gasteiger partial charge in [-0.3, -0.25) is 19.3 Å². The predicted octanol–water partition coefficient (Wildman–Crippen LogP) is 3.47. The van der Waals surface area contributed by atoms with Gasteiger partial charge in [-0.25, -0.2) is 0 Å². The molecule has 2 N–H and O–H groups in total. The van der Waals surface area contributed by atoms with E-state index in [1.165, 1.54) is 6.07 Å². The fourth-order valence-corrected chi connectivity index (χ4v) is 3.93. The summed E-state index contributed by atoms with van der Waals surface area (Å²) in [5, 5.41) is 15.5. The first-order valence-electron chi connectivity index (χ1n) is 10.1. The first kappa shape index (κ1) is 22.4. The molecule has 6 nitrogen and oxygen atoms in total. The van der Waals surface area contributed by atoms with E-state index in [1.807, 2.05) is 79.5 Å². The van der Waals surface area contributed by atoms with Crippen molar-refractivity contribution in [3.8, 4) is 5.75 Å². The maximum atomic E-state index is 13.0. The Bertz CT molecular complexity index is 1060. The van der Waals surface area contributed by atoms with Crippen molar-refractivity contribution in [3.63, 3.8) is 0 Å². The average Bonchev–Trinajstić information content (AvgIpc) is 2.90. The molecule has 0 saturated heterocycles. The highest BCUT2D eigenvalue weighted by Crippen LogP contribution is 2.31. The molecule has 1 amide bonds. The van der Waals surface area contributed by atoms with Crippen LogP contribution in [0.5, 0.6) is 5.75 Å². The molecule has 3 aromatic rings. The summed E-state index contributed by atoms with van der Waals surface area (Å²) < 4.78 is 1.62. The lowest BCUT2D eigenvalue weighted by Gasteiger charge is -2.37. The molecule has 4 rings (SSSR count). The van der Waals surface area contributed by atoms with Crippen molar-refractivity contribution in [1.82, 2.24) is 9.99 Å². The Balaban J connectivity index is 0.00000272. The van der Waals surface area contributed by atoms with Gasteiger partial charge < -0.3 is 10.4 Å². The second-order valence-electron chi connectivity index (χ2n) is 7.89. The van der Waals surface area contributed by atoms with E-state index in [1.54, 1.807) is 10.9 Å². The van der Waals surface area contributed by atoms with Crippen molar-refractivity contribution in [3.05, 3.63) is 100.0 Å². The van der Waals surface area contributed by atoms with Crippen molar-refractivity contribution < 1.29 is 9.90 Å². The van der Waals surface area contributed by atoms with Gasteiger partial charge in [0.1, 0.15) is 0 Å². The van der Waals surface area contributed by atoms with E-state index in [-0.39, 0.29) is 36.1 Å². The Labute approximate surface area is 187 Å². The van der Waals surface area contributed by atoms with E-state index in [4.69, 9.17) is 0 Å². The number of pyridine rings is 1. The lowest BCUT2D eigenvalue weighted by atomic mass is 9.96. The fraction of sp³-hybridized carbons (Fsp3) is 0.250. The van der Waals surface area contributed by atoms with Gasteiger partial charge in [0.25, 0.3) is 5.91 Å². The van der Waals surface area contributed by atoms with E-state index in [9.17, 15) is 14.7 Å². The molecule has 1 aliphatic rings. The molecule has 7 heteroatoms. The lowest BCUT2D eigenvalue weighted by Crippen LogP contribution is -2.47. The number of nitrogens with zero attached hydrogens (tertiary/aromatic N) is 2. The summed E-state index contributed by atoms with van der Waals surface area (Å²) in [7, 11) is 0. The molecule has 0 fully saturated rings. The molecule has 1 aliphatic heterocycles. The van der Waals surface area contributed by atoms with Crippen LogP contribution in [-0.4, -0.2) is 28.3 Å². The Hall–Kier alpha value is -3.25. The monoisotopic (exact) mass is 439 g/mol. The molecule has 1 unspecified atom stereocenters. The predicted molar refractivity (Wildman–Crippen MR) is 124 cm³/mol. The molecule has 1 atom stereocenters. The third-order valence-corrected chi connectivity index (χ3v) is 5.58. The summed E-state index contributed by atoms with van der Waals surface area (Å²) in [4.78, 5) is 25.1. The van der Waals surface area contributed by atoms with E-state index in [0.717, 1.165) is 11.1 Å². The van der Waals surface area contributed by atoms with Crippen LogP contribution < -0.4 is 15.8 Å². The van der Waals surface area contributed by atoms with Gasteiger partial charge >= 0.3 is 0 Å². The molecule has 31 heavy (non-hydrogen) atoms. The number of hydrogen-bond donors (Lipinski definition) is 2. The van der Waals surface area contributed by atoms with Crippen molar-refractivity contribution in [2.45, 2.75) is 25.9 Å². The van der Waals surface area contributed by atoms with E-state index >= 15 is 0 Å². The number of benzene rings is 2. The van der Waals surface area contributed by atoms with Gasteiger partial charge in [-0.2, -0.15) is 0 Å². The van der Waals surface area contributed by atoms with E-state index in [0.29, 0.717) is 6.54 Å². The zero-order valence-corrected chi connectivity index (χ0v) is 18.3. The Morgan fingerprint density at radius 1 is 0.935 bits per heavy atom. The zero-order valence-electron chi connectivity index (χ0n) is 17.4. The van der Waals surface area contributed by atoms with Crippen molar-refractivity contribution >= 4 is 18.3 Å². The van der Waals surface area contributed by atoms with Gasteiger partial charge in [0.05, 0.1) is 18.6 Å². The first-order valence-corrected chi connectivity index (χ1v) is 10.1. The number of rotatable bonds is 4. The molecule has 0 radical (unpaired) electrons. The molecule has 2 heterocycles. The Kier molecular flexibility index (Phi) is 6.71. The summed E-state index contributed by atoms with van der Waals surface area (Å²) in [6, 6.07) is 21.0. The van der Waals surface area contributed by atoms with Crippen LogP contribution in [0.15, 0.2) is 77.7 Å². The van der Waals surface area contributed by atoms with Crippen LogP contribution in [0, 0.1) is 5.92 Å². The maximum absolute atomic E-state index is 13.0. The molecule has 162 valence electrons. The first-order chi connectivity index (χ1) is 14.5. The van der Waals surface area contributed by atoms with Gasteiger partial charge in [-0.05, 0) is 17.0 Å². The molecule has 0 saturated carbocycles. The molecular formula is C24H26ClN3O3. The van der Waals surface area contributed by atoms with Gasteiger partial charge in [0, 0.05) is 12.3 Å². The third kappa shape index (κ3) is 4.30. The summed E-state index contributed by atoms with van der Waals surface area (Å²) in [5.74, 6) is -0.831. The fourth-order valence-electron chi connectivity index (χ4n) is 3.93. The quantitative estimate of drug-likeness (QED) is 0.652. The molecular weight excluding hydrogens is 414 g/mol. The minimum absolute atomic E-state index is 0. The van der Waals surface area contributed by atoms with Crippen molar-refractivity contribution in [2.75, 3.05) is 11.6 Å². The standard InChI is InChI=1S/C24H25N3O3.ClH/c1-16(2)19-15-27(26-14-13-20(28)23(29)22(26)24(30)25-19)21(17-9-5-3-6-10-17)18-11-7-4-8-12-18;/h3-14,16,19,21,29H,15H2,1-2H3,(H,25,30);1H. The van der Waals surface area contributed by atoms with Crippen molar-refractivity contribution in [2.24, 2.45) is 5.92 Å². The van der Waals surface area contributed by atoms with Crippen molar-refractivity contribution in [1.29, 1.82) is 0 Å². The molecule has 1 aromatic heterocycles. The van der Waals surface area contributed by atoms with Crippen LogP contribution in [0.3, 0.4) is 0 Å². The lowest BCUT2D eigenvalue weighted by molar-refractivity contribution is 0.0924. The van der Waals surface area contributed by atoms with Crippen LogP contribution >= 0.6 is 12.4 Å². The minimum Gasteiger partial charge on any atom is -0.502 e. The van der Waals surface area contributed by atoms with Gasteiger partial charge in [0.2, 0.25) is 5.43 Å². The van der Waals surface area contributed by atoms with Gasteiger partial charge in [-0.1, -0.05) is 74.5 Å². The highest BCUT2D eigenvalue weighted by Gasteiger charge is 2.34. The molecule has 0 bridgehead atoms. The number of carbonyl (C=O) groups is 1. The second-order valence-corrected chi connectivity index (χ2v) is 7.89. The Morgan fingerprint density at radius 2 is 1.48 bits per heavy atom. The average molecular weight is 440 g/mol. The summed E-state index contributed by atoms with van der Waals surface area (Å²) in [6.45, 7) is 4.60. The van der Waals surface area contributed by atoms with Crippen LogP contribution in [0.25, 0.3) is 0 Å². The highest BCUT2D eigenvalue weighted by molar-refractivity contribution is 5.95. The molecule has 0 spiro atoms. The summed E-state index contributed by atoms with van der Waals surface area (Å²) in [5.41, 5.74) is 1.48. The number of aromatic nitrogens is 1. The third-order valence-electron chi connectivity index (χ3n) is 5.58. The van der Waals surface area contributed by atoms with Crippen LogP contribution in [0.2, 0.25) is 0 Å². The van der Waals surface area contributed by atoms with Crippen LogP contribution in [0.1, 0.15) is 41.5 Å². The van der Waals surface area contributed by atoms with Gasteiger partial charge in [0.15, 0.2) is 11.4 Å². The number of fused-ring (bicyclic) bond motifs is 1. The van der Waals surface area contributed by atoms with Crippen LogP contribution in [-0.2, 0) is 0 Å². The van der Waals surface area contributed by atoms with E-state index in [2.05, 4.69) is 5.32 Å². The SMILES string of the molecule is CC(C)C1CN(C(c2ccccc2)c2ccccc2)n2ccc(=O)c(O)c2C(=O)N1.Cl. The maximum Gasteiger partial charge on any atom is 0.274 e. The zero-order chi connectivity index (χ0) is 21.3. The number of amides is 1. The number of carbonyl (C=O) groups excluding carboxylic acids is 1. The summed E-state index contributed by atoms with van der Waals surface area (Å²) >= 11 is 0. The second kappa shape index (κ2) is 9.27. The Morgan fingerprint density at radius 3 is 2.00 bits per heavy atom. The highest BCUT2D eigenvalue weighted by atomic mass is 35.5. The number of aromatic hydroxyl groups is 1. The number of halogens is 1. The number of nitrogens with one attached hydrogen (secondary N) is 1. The number of hydrogen-bond acceptors (Lipinski definition) is 4. The largest absolute Gasteiger partial charge is 0.502 e. The van der Waals surface area contributed by atoms with Gasteiger partial charge in [-0.15, -0.1) is 12.4 Å². The van der Waals surface area contributed by atoms with E-state index < -0.39 is 17.1 Å². The summed E-state index contributed by atoms with van der Waals surface area (Å²) in [6.07, 6.45) is 1.57.